The number of primary amides is 1. The van der Waals surface area contributed by atoms with Crippen molar-refractivity contribution in [3.8, 4) is 0 Å². The van der Waals surface area contributed by atoms with Gasteiger partial charge in [0.05, 0.1) is 6.54 Å². The van der Waals surface area contributed by atoms with Crippen molar-refractivity contribution in [1.29, 1.82) is 0 Å². The van der Waals surface area contributed by atoms with Crippen molar-refractivity contribution in [1.82, 2.24) is 4.90 Å². The average Bonchev–Trinajstić information content (AvgIpc) is 1.84. The van der Waals surface area contributed by atoms with Gasteiger partial charge in [0.15, 0.2) is 0 Å². The maximum Gasteiger partial charge on any atom is 0.231 e. The maximum absolute atomic E-state index is 10.6. The molecular formula is C7H14Cl2N2O. The number of amides is 1. The molecule has 2 N–H and O–H groups in total. The Labute approximate surface area is 82.8 Å². The first-order valence-corrected chi connectivity index (χ1v) is 4.74. The summed E-state index contributed by atoms with van der Waals surface area (Å²) in [6.45, 7) is 3.37. The molecule has 72 valence electrons. The fraction of sp³-hybridized carbons (Fsp3) is 0.857. The highest BCUT2D eigenvalue weighted by Crippen LogP contribution is 1.98. The van der Waals surface area contributed by atoms with Gasteiger partial charge in [0.1, 0.15) is 0 Å². The summed E-state index contributed by atoms with van der Waals surface area (Å²) in [5, 5.41) is 0.00701. The van der Waals surface area contributed by atoms with E-state index in [1.54, 1.807) is 0 Å². The lowest BCUT2D eigenvalue weighted by Gasteiger charge is -2.20. The van der Waals surface area contributed by atoms with E-state index in [0.29, 0.717) is 19.0 Å². The van der Waals surface area contributed by atoms with Crippen molar-refractivity contribution in [2.45, 2.75) is 12.3 Å². The van der Waals surface area contributed by atoms with Crippen LogP contribution in [-0.2, 0) is 4.79 Å². The Morgan fingerprint density at radius 1 is 1.67 bits per heavy atom. The highest BCUT2D eigenvalue weighted by molar-refractivity contribution is 6.20. The van der Waals surface area contributed by atoms with Crippen LogP contribution in [0.4, 0.5) is 0 Å². The highest BCUT2D eigenvalue weighted by atomic mass is 35.5. The van der Waals surface area contributed by atoms with Crippen LogP contribution in [0.1, 0.15) is 6.92 Å². The Bertz CT molecular complexity index is 141. The van der Waals surface area contributed by atoms with E-state index in [-0.39, 0.29) is 17.8 Å². The molecule has 5 heteroatoms. The molecule has 0 aromatic heterocycles. The minimum Gasteiger partial charge on any atom is -0.369 e. The zero-order valence-electron chi connectivity index (χ0n) is 7.09. The van der Waals surface area contributed by atoms with Gasteiger partial charge < -0.3 is 5.73 Å². The molecule has 0 aromatic rings. The van der Waals surface area contributed by atoms with Crippen LogP contribution >= 0.6 is 23.2 Å². The second-order valence-corrected chi connectivity index (χ2v) is 3.79. The largest absolute Gasteiger partial charge is 0.369 e. The number of nitrogens with two attached hydrogens (primary N) is 1. The number of carbonyl (C=O) groups is 1. The second-order valence-electron chi connectivity index (χ2n) is 2.67. The minimum absolute atomic E-state index is 0.00701. The predicted molar refractivity (Wildman–Crippen MR) is 51.7 cm³/mol. The molecule has 0 heterocycles. The first-order valence-electron chi connectivity index (χ1n) is 3.77. The number of rotatable bonds is 6. The van der Waals surface area contributed by atoms with Crippen molar-refractivity contribution in [2.75, 3.05) is 25.5 Å². The molecular weight excluding hydrogens is 199 g/mol. The predicted octanol–water partition coefficient (Wildman–Crippen LogP) is 0.640. The first-order chi connectivity index (χ1) is 5.56. The van der Waals surface area contributed by atoms with E-state index in [9.17, 15) is 4.79 Å². The van der Waals surface area contributed by atoms with Crippen molar-refractivity contribution < 1.29 is 4.79 Å². The molecule has 0 aliphatic heterocycles. The van der Waals surface area contributed by atoms with Gasteiger partial charge in [0, 0.05) is 24.3 Å². The molecule has 0 radical (unpaired) electrons. The van der Waals surface area contributed by atoms with Crippen LogP contribution in [0.3, 0.4) is 0 Å². The average molecular weight is 213 g/mol. The Morgan fingerprint density at radius 3 is 2.58 bits per heavy atom. The van der Waals surface area contributed by atoms with Crippen molar-refractivity contribution >= 4 is 29.1 Å². The van der Waals surface area contributed by atoms with E-state index in [4.69, 9.17) is 28.9 Å². The van der Waals surface area contributed by atoms with Crippen molar-refractivity contribution in [3.05, 3.63) is 0 Å². The minimum atomic E-state index is -0.350. The summed E-state index contributed by atoms with van der Waals surface area (Å²) in [7, 11) is 0. The Kier molecular flexibility index (Phi) is 6.52. The fourth-order valence-electron chi connectivity index (χ4n) is 0.931. The van der Waals surface area contributed by atoms with Crippen molar-refractivity contribution in [2.24, 2.45) is 5.73 Å². The molecule has 0 spiro atoms. The number of hydrogen-bond acceptors (Lipinski definition) is 2. The molecule has 0 rings (SSSR count). The fourth-order valence-corrected chi connectivity index (χ4v) is 1.36. The molecule has 1 unspecified atom stereocenters. The third-order valence-electron chi connectivity index (χ3n) is 1.29. The van der Waals surface area contributed by atoms with Gasteiger partial charge >= 0.3 is 0 Å². The maximum atomic E-state index is 10.6. The molecule has 0 aromatic carbocycles. The summed E-state index contributed by atoms with van der Waals surface area (Å²) < 4.78 is 0. The van der Waals surface area contributed by atoms with Gasteiger partial charge in [-0.1, -0.05) is 0 Å². The van der Waals surface area contributed by atoms with Crippen LogP contribution in [0.15, 0.2) is 0 Å². The van der Waals surface area contributed by atoms with Crippen LogP contribution in [0.25, 0.3) is 0 Å². The van der Waals surface area contributed by atoms with E-state index in [2.05, 4.69) is 0 Å². The summed E-state index contributed by atoms with van der Waals surface area (Å²) in [6.07, 6.45) is 0. The molecule has 0 aliphatic carbocycles. The second kappa shape index (κ2) is 6.52. The standard InChI is InChI=1S/C7H14Cl2N2O/c1-6(9)4-11(3-2-8)5-7(10)12/h6H,2-5H2,1H3,(H2,10,12). The van der Waals surface area contributed by atoms with Crippen LogP contribution in [0.2, 0.25) is 0 Å². The van der Waals surface area contributed by atoms with E-state index in [0.717, 1.165) is 0 Å². The van der Waals surface area contributed by atoms with Crippen molar-refractivity contribution in [3.63, 3.8) is 0 Å². The van der Waals surface area contributed by atoms with Gasteiger partial charge in [-0.3, -0.25) is 9.69 Å². The van der Waals surface area contributed by atoms with Gasteiger partial charge in [-0.15, -0.1) is 23.2 Å². The molecule has 0 fully saturated rings. The summed E-state index contributed by atoms with van der Waals surface area (Å²) in [5.74, 6) is 0.133. The topological polar surface area (TPSA) is 46.3 Å². The number of carbonyl (C=O) groups excluding carboxylic acids is 1. The third-order valence-corrected chi connectivity index (χ3v) is 1.60. The van der Waals surface area contributed by atoms with Crippen LogP contribution < -0.4 is 5.73 Å². The number of nitrogens with zero attached hydrogens (tertiary/aromatic N) is 1. The normalized spacial score (nSPS) is 13.3. The molecule has 1 atom stereocenters. The summed E-state index contributed by atoms with van der Waals surface area (Å²) >= 11 is 11.3. The lowest BCUT2D eigenvalue weighted by Crippen LogP contribution is -2.38. The highest BCUT2D eigenvalue weighted by Gasteiger charge is 2.09. The zero-order valence-corrected chi connectivity index (χ0v) is 8.61. The van der Waals surface area contributed by atoms with Crippen LogP contribution in [0, 0.1) is 0 Å². The van der Waals surface area contributed by atoms with Crippen LogP contribution in [0.5, 0.6) is 0 Å². The smallest absolute Gasteiger partial charge is 0.231 e. The van der Waals surface area contributed by atoms with E-state index >= 15 is 0 Å². The molecule has 0 saturated heterocycles. The summed E-state index contributed by atoms with van der Waals surface area (Å²) in [6, 6.07) is 0. The van der Waals surface area contributed by atoms with Gasteiger partial charge in [-0.05, 0) is 6.92 Å². The molecule has 0 saturated carbocycles. The zero-order chi connectivity index (χ0) is 9.56. The number of alkyl halides is 2. The van der Waals surface area contributed by atoms with E-state index in [1.165, 1.54) is 0 Å². The summed E-state index contributed by atoms with van der Waals surface area (Å²) in [4.78, 5) is 12.4. The monoisotopic (exact) mass is 212 g/mol. The third kappa shape index (κ3) is 6.70. The molecule has 0 bridgehead atoms. The molecule has 0 aliphatic rings. The SMILES string of the molecule is CC(Cl)CN(CCCl)CC(N)=O. The Hall–Kier alpha value is 0.01000. The lowest BCUT2D eigenvalue weighted by molar-refractivity contribution is -0.119. The number of halogens is 2. The molecule has 1 amide bonds. The van der Waals surface area contributed by atoms with E-state index < -0.39 is 0 Å². The van der Waals surface area contributed by atoms with Gasteiger partial charge in [0.2, 0.25) is 5.91 Å². The molecule has 3 nitrogen and oxygen atoms in total. The number of hydrogen-bond donors (Lipinski definition) is 1. The Morgan fingerprint density at radius 2 is 2.25 bits per heavy atom. The Balaban J connectivity index is 3.77. The van der Waals surface area contributed by atoms with Crippen LogP contribution in [-0.4, -0.2) is 41.7 Å². The first kappa shape index (κ1) is 12.0. The quantitative estimate of drug-likeness (QED) is 0.658. The lowest BCUT2D eigenvalue weighted by atomic mass is 10.4. The van der Waals surface area contributed by atoms with E-state index in [1.807, 2.05) is 11.8 Å². The summed E-state index contributed by atoms with van der Waals surface area (Å²) in [5.41, 5.74) is 5.03. The van der Waals surface area contributed by atoms with Gasteiger partial charge in [0.25, 0.3) is 0 Å². The van der Waals surface area contributed by atoms with Gasteiger partial charge in [-0.25, -0.2) is 0 Å². The van der Waals surface area contributed by atoms with Gasteiger partial charge in [-0.2, -0.15) is 0 Å². The molecule has 12 heavy (non-hydrogen) atoms.